The van der Waals surface area contributed by atoms with Gasteiger partial charge in [-0.1, -0.05) is 188 Å². The fraction of sp³-hybridized carbons (Fsp3) is 0. The molecule has 0 aliphatic carbocycles. The molecule has 11 aromatic carbocycles. The summed E-state index contributed by atoms with van der Waals surface area (Å²) in [6, 6.07) is 85.5. The van der Waals surface area contributed by atoms with Gasteiger partial charge in [-0.25, -0.2) is 0 Å². The number of rotatable bonds is 7. The van der Waals surface area contributed by atoms with Crippen molar-refractivity contribution in [2.75, 3.05) is 4.90 Å². The minimum Gasteiger partial charge on any atom is -0.456 e. The van der Waals surface area contributed by atoms with E-state index < -0.39 is 0 Å². The highest BCUT2D eigenvalue weighted by molar-refractivity contribution is 6.17. The minimum absolute atomic E-state index is 0.877. The Morgan fingerprint density at radius 2 is 0.839 bits per heavy atom. The van der Waals surface area contributed by atoms with Crippen molar-refractivity contribution >= 4 is 71.3 Å². The van der Waals surface area contributed by atoms with E-state index in [9.17, 15) is 0 Å². The molecular formula is C60H39NO. The van der Waals surface area contributed by atoms with E-state index in [0.29, 0.717) is 0 Å². The van der Waals surface area contributed by atoms with Gasteiger partial charge < -0.3 is 9.32 Å². The maximum absolute atomic E-state index is 6.59. The predicted octanol–water partition coefficient (Wildman–Crippen LogP) is 17.2. The van der Waals surface area contributed by atoms with Crippen LogP contribution in [0.2, 0.25) is 0 Å². The number of hydrogen-bond donors (Lipinski definition) is 0. The zero-order chi connectivity index (χ0) is 41.0. The van der Waals surface area contributed by atoms with Gasteiger partial charge in [0.25, 0.3) is 0 Å². The number of furan rings is 1. The Hall–Kier alpha value is -8.20. The maximum Gasteiger partial charge on any atom is 0.136 e. The molecule has 0 amide bonds. The van der Waals surface area contributed by atoms with Crippen LogP contribution in [0.3, 0.4) is 0 Å². The first-order valence-corrected chi connectivity index (χ1v) is 21.2. The van der Waals surface area contributed by atoms with Gasteiger partial charge in [-0.15, -0.1) is 0 Å². The largest absolute Gasteiger partial charge is 0.456 e. The normalized spacial score (nSPS) is 11.5. The molecule has 1 heterocycles. The number of para-hydroxylation sites is 1. The van der Waals surface area contributed by atoms with Crippen molar-refractivity contribution < 1.29 is 4.42 Å². The molecule has 290 valence electrons. The lowest BCUT2D eigenvalue weighted by molar-refractivity contribution is 0.669. The third-order valence-electron chi connectivity index (χ3n) is 12.5. The van der Waals surface area contributed by atoms with Crippen LogP contribution >= 0.6 is 0 Å². The zero-order valence-corrected chi connectivity index (χ0v) is 33.9. The lowest BCUT2D eigenvalue weighted by Crippen LogP contribution is -2.11. The average molecular weight is 790 g/mol. The Kier molecular flexibility index (Phi) is 8.53. The number of nitrogens with zero attached hydrogens (tertiary/aromatic N) is 1. The summed E-state index contributed by atoms with van der Waals surface area (Å²) in [6.45, 7) is 0. The van der Waals surface area contributed by atoms with Crippen molar-refractivity contribution in [3.05, 3.63) is 237 Å². The summed E-state index contributed by atoms with van der Waals surface area (Å²) in [4.78, 5) is 2.41. The molecule has 0 spiro atoms. The molecular weight excluding hydrogens is 751 g/mol. The average Bonchev–Trinajstić information content (AvgIpc) is 3.71. The van der Waals surface area contributed by atoms with E-state index in [2.05, 4.69) is 241 Å². The number of anilines is 3. The summed E-state index contributed by atoms with van der Waals surface area (Å²) in [5.41, 5.74) is 14.5. The van der Waals surface area contributed by atoms with Gasteiger partial charge in [0.1, 0.15) is 11.2 Å². The molecule has 0 aliphatic heterocycles. The Balaban J connectivity index is 1.05. The smallest absolute Gasteiger partial charge is 0.136 e. The molecule has 0 bridgehead atoms. The molecule has 0 N–H and O–H groups in total. The van der Waals surface area contributed by atoms with Crippen molar-refractivity contribution in [2.45, 2.75) is 0 Å². The van der Waals surface area contributed by atoms with E-state index in [1.165, 1.54) is 65.7 Å². The van der Waals surface area contributed by atoms with Crippen LogP contribution in [0.25, 0.3) is 98.8 Å². The van der Waals surface area contributed by atoms with Crippen LogP contribution < -0.4 is 4.90 Å². The van der Waals surface area contributed by atoms with E-state index in [4.69, 9.17) is 4.42 Å². The predicted molar refractivity (Wildman–Crippen MR) is 263 cm³/mol. The Morgan fingerprint density at radius 3 is 1.61 bits per heavy atom. The maximum atomic E-state index is 6.59. The Labute approximate surface area is 360 Å². The molecule has 2 heteroatoms. The Morgan fingerprint density at radius 1 is 0.290 bits per heavy atom. The second kappa shape index (κ2) is 14.8. The van der Waals surface area contributed by atoms with E-state index in [-0.39, 0.29) is 0 Å². The van der Waals surface area contributed by atoms with Gasteiger partial charge in [0.05, 0.1) is 5.69 Å². The van der Waals surface area contributed by atoms with E-state index >= 15 is 0 Å². The molecule has 2 nitrogen and oxygen atoms in total. The lowest BCUT2D eigenvalue weighted by Gasteiger charge is -2.28. The second-order valence-corrected chi connectivity index (χ2v) is 16.0. The summed E-state index contributed by atoms with van der Waals surface area (Å²) in [7, 11) is 0. The van der Waals surface area contributed by atoms with Gasteiger partial charge in [0, 0.05) is 27.7 Å². The van der Waals surface area contributed by atoms with Crippen molar-refractivity contribution in [3.8, 4) is 44.5 Å². The van der Waals surface area contributed by atoms with Gasteiger partial charge >= 0.3 is 0 Å². The van der Waals surface area contributed by atoms with Gasteiger partial charge in [0.15, 0.2) is 0 Å². The lowest BCUT2D eigenvalue weighted by atomic mass is 9.89. The molecule has 0 radical (unpaired) electrons. The van der Waals surface area contributed by atoms with Crippen LogP contribution in [0.1, 0.15) is 0 Å². The summed E-state index contributed by atoms with van der Waals surface area (Å²) in [5.74, 6) is 0. The SMILES string of the molecule is c1ccc(-c2ccc3ccccc3c2-c2ccc(N(c3ccc(-c4cccc5ccccc45)cc3)c3ccccc3-c3cccc4oc5cc6ccccc6cc5c34)cc2)cc1. The quantitative estimate of drug-likeness (QED) is 0.160. The molecule has 62 heavy (non-hydrogen) atoms. The highest BCUT2D eigenvalue weighted by atomic mass is 16.3. The third-order valence-corrected chi connectivity index (χ3v) is 12.5. The number of fused-ring (bicyclic) bond motifs is 6. The first kappa shape index (κ1) is 35.7. The van der Waals surface area contributed by atoms with E-state index in [1.54, 1.807) is 0 Å². The third kappa shape index (κ3) is 6.04. The molecule has 12 rings (SSSR count). The molecule has 0 atom stereocenters. The summed E-state index contributed by atoms with van der Waals surface area (Å²) >= 11 is 0. The number of hydrogen-bond acceptors (Lipinski definition) is 2. The minimum atomic E-state index is 0.877. The van der Waals surface area contributed by atoms with Gasteiger partial charge in [0.2, 0.25) is 0 Å². The van der Waals surface area contributed by atoms with Crippen LogP contribution in [0.5, 0.6) is 0 Å². The molecule has 0 aliphatic rings. The van der Waals surface area contributed by atoms with Crippen LogP contribution in [0.4, 0.5) is 17.1 Å². The topological polar surface area (TPSA) is 16.4 Å². The summed E-state index contributed by atoms with van der Waals surface area (Å²) in [6.07, 6.45) is 0. The first-order valence-electron chi connectivity index (χ1n) is 21.2. The summed E-state index contributed by atoms with van der Waals surface area (Å²) < 4.78 is 6.59. The van der Waals surface area contributed by atoms with Crippen LogP contribution in [-0.2, 0) is 0 Å². The monoisotopic (exact) mass is 789 g/mol. The Bertz CT molecular complexity index is 3610. The highest BCUT2D eigenvalue weighted by Crippen LogP contribution is 2.47. The van der Waals surface area contributed by atoms with Gasteiger partial charge in [-0.2, -0.15) is 0 Å². The van der Waals surface area contributed by atoms with Crippen molar-refractivity contribution in [1.29, 1.82) is 0 Å². The fourth-order valence-corrected chi connectivity index (χ4v) is 9.54. The van der Waals surface area contributed by atoms with Crippen LogP contribution in [0, 0.1) is 0 Å². The van der Waals surface area contributed by atoms with E-state index in [0.717, 1.165) is 50.1 Å². The van der Waals surface area contributed by atoms with Crippen LogP contribution in [0.15, 0.2) is 241 Å². The van der Waals surface area contributed by atoms with Crippen molar-refractivity contribution in [2.24, 2.45) is 0 Å². The van der Waals surface area contributed by atoms with E-state index in [1.807, 2.05) is 0 Å². The molecule has 0 unspecified atom stereocenters. The molecule has 0 saturated carbocycles. The van der Waals surface area contributed by atoms with Gasteiger partial charge in [-0.3, -0.25) is 0 Å². The molecule has 1 aromatic heterocycles. The molecule has 0 fully saturated rings. The molecule has 12 aromatic rings. The number of benzene rings is 11. The van der Waals surface area contributed by atoms with Crippen LogP contribution in [-0.4, -0.2) is 0 Å². The molecule has 0 saturated heterocycles. The van der Waals surface area contributed by atoms with Gasteiger partial charge in [-0.05, 0) is 120 Å². The summed E-state index contributed by atoms with van der Waals surface area (Å²) in [5, 5.41) is 9.54. The standard InChI is InChI=1S/C60H39NO/c1-2-14-41(15-3-1)52-37-32-42-17-7-9-22-51(42)59(52)44-30-35-48(36-31-44)61(47-33-28-43(29-34-47)50-24-12-20-40-16-6-8-21-49(40)50)56-26-11-10-23-53(56)54-25-13-27-57-60(54)55-38-45-18-4-5-19-46(45)39-58(55)62-57/h1-39H. The second-order valence-electron chi connectivity index (χ2n) is 16.0. The first-order chi connectivity index (χ1) is 30.7. The van der Waals surface area contributed by atoms with Crippen molar-refractivity contribution in [3.63, 3.8) is 0 Å². The van der Waals surface area contributed by atoms with Crippen molar-refractivity contribution in [1.82, 2.24) is 0 Å². The highest BCUT2D eigenvalue weighted by Gasteiger charge is 2.22. The zero-order valence-electron chi connectivity index (χ0n) is 33.9. The fourth-order valence-electron chi connectivity index (χ4n) is 9.54.